The maximum absolute atomic E-state index is 11.5. The third kappa shape index (κ3) is 4.86. The molecule has 3 amide bonds. The summed E-state index contributed by atoms with van der Waals surface area (Å²) in [5.74, 6) is 0.497. The lowest BCUT2D eigenvalue weighted by Crippen LogP contribution is -2.39. The number of urea groups is 1. The van der Waals surface area contributed by atoms with Gasteiger partial charge in [-0.3, -0.25) is 14.7 Å². The van der Waals surface area contributed by atoms with Crippen LogP contribution in [0.4, 0.5) is 4.79 Å². The van der Waals surface area contributed by atoms with Crippen LogP contribution in [0.1, 0.15) is 12.5 Å². The van der Waals surface area contributed by atoms with Gasteiger partial charge in [-0.1, -0.05) is 23.7 Å². The third-order valence-corrected chi connectivity index (χ3v) is 3.76. The first-order valence-electron chi connectivity index (χ1n) is 7.83. The van der Waals surface area contributed by atoms with Crippen LogP contribution in [0.15, 0.2) is 29.3 Å². The quantitative estimate of drug-likeness (QED) is 0.460. The fourth-order valence-electron chi connectivity index (χ4n) is 2.39. The van der Waals surface area contributed by atoms with Crippen molar-refractivity contribution in [1.29, 1.82) is 0 Å². The number of imide groups is 1. The summed E-state index contributed by atoms with van der Waals surface area (Å²) >= 11 is 6.01. The maximum Gasteiger partial charge on any atom is 0.324 e. The number of nitrogens with zero attached hydrogens (tertiary/aromatic N) is 3. The van der Waals surface area contributed by atoms with Gasteiger partial charge in [0.15, 0.2) is 5.96 Å². The van der Waals surface area contributed by atoms with Gasteiger partial charge in [0, 0.05) is 25.2 Å². The zero-order valence-corrected chi connectivity index (χ0v) is 14.6. The molecule has 8 heteroatoms. The van der Waals surface area contributed by atoms with Crippen LogP contribution in [0.2, 0.25) is 5.02 Å². The molecule has 0 aromatic heterocycles. The van der Waals surface area contributed by atoms with Gasteiger partial charge in [0.2, 0.25) is 5.91 Å². The van der Waals surface area contributed by atoms with Crippen LogP contribution in [0.3, 0.4) is 0 Å². The number of hydrogen-bond donors (Lipinski definition) is 2. The van der Waals surface area contributed by atoms with Gasteiger partial charge < -0.3 is 15.5 Å². The average molecular weight is 352 g/mol. The van der Waals surface area contributed by atoms with Crippen molar-refractivity contribution in [3.8, 4) is 0 Å². The van der Waals surface area contributed by atoms with Crippen LogP contribution in [0.5, 0.6) is 0 Å². The van der Waals surface area contributed by atoms with Gasteiger partial charge >= 0.3 is 6.03 Å². The summed E-state index contributed by atoms with van der Waals surface area (Å²) < 4.78 is 0. The average Bonchev–Trinajstić information content (AvgIpc) is 2.85. The molecule has 0 bridgehead atoms. The van der Waals surface area contributed by atoms with Crippen molar-refractivity contribution < 1.29 is 9.59 Å². The highest BCUT2D eigenvalue weighted by molar-refractivity contribution is 6.30. The Hall–Kier alpha value is -2.28. The van der Waals surface area contributed by atoms with Gasteiger partial charge in [-0.05, 0) is 24.6 Å². The molecule has 0 saturated carbocycles. The second kappa shape index (κ2) is 8.54. The summed E-state index contributed by atoms with van der Waals surface area (Å²) in [5.41, 5.74) is 1.07. The van der Waals surface area contributed by atoms with E-state index in [0.29, 0.717) is 24.1 Å². The Bertz CT molecular complexity index is 619. The van der Waals surface area contributed by atoms with E-state index in [0.717, 1.165) is 12.1 Å². The predicted molar refractivity (Wildman–Crippen MR) is 94.0 cm³/mol. The first kappa shape index (κ1) is 18.1. The number of hydrogen-bond acceptors (Lipinski definition) is 3. The van der Waals surface area contributed by atoms with Crippen molar-refractivity contribution in [2.75, 3.05) is 33.2 Å². The molecule has 1 saturated heterocycles. The molecule has 1 aromatic carbocycles. The Morgan fingerprint density at radius 1 is 1.46 bits per heavy atom. The molecule has 0 radical (unpaired) electrons. The molecule has 130 valence electrons. The van der Waals surface area contributed by atoms with E-state index in [2.05, 4.69) is 15.6 Å². The molecule has 1 fully saturated rings. The second-order valence-electron chi connectivity index (χ2n) is 5.43. The van der Waals surface area contributed by atoms with Crippen LogP contribution in [-0.4, -0.2) is 60.9 Å². The molecule has 2 rings (SSSR count). The van der Waals surface area contributed by atoms with Gasteiger partial charge in [0.25, 0.3) is 0 Å². The van der Waals surface area contributed by atoms with E-state index in [9.17, 15) is 9.59 Å². The Kier molecular flexibility index (Phi) is 6.43. The first-order valence-corrected chi connectivity index (χ1v) is 8.21. The fourth-order valence-corrected chi connectivity index (χ4v) is 2.60. The first-order chi connectivity index (χ1) is 11.5. The maximum atomic E-state index is 11.5. The number of carbonyl (C=O) groups excluding carboxylic acids is 2. The topological polar surface area (TPSA) is 77.0 Å². The van der Waals surface area contributed by atoms with E-state index in [1.165, 1.54) is 4.90 Å². The molecular weight excluding hydrogens is 330 g/mol. The van der Waals surface area contributed by atoms with Crippen molar-refractivity contribution in [2.45, 2.75) is 13.5 Å². The van der Waals surface area contributed by atoms with E-state index >= 15 is 0 Å². The van der Waals surface area contributed by atoms with E-state index in [-0.39, 0.29) is 25.0 Å². The van der Waals surface area contributed by atoms with Gasteiger partial charge in [0.1, 0.15) is 0 Å². The van der Waals surface area contributed by atoms with E-state index in [4.69, 9.17) is 11.6 Å². The van der Waals surface area contributed by atoms with E-state index in [1.807, 2.05) is 43.1 Å². The molecule has 2 N–H and O–H groups in total. The Morgan fingerprint density at radius 3 is 2.88 bits per heavy atom. The number of halogens is 1. The minimum atomic E-state index is -0.354. The highest BCUT2D eigenvalue weighted by Crippen LogP contribution is 2.12. The molecule has 0 aliphatic carbocycles. The van der Waals surface area contributed by atoms with Crippen molar-refractivity contribution >= 4 is 29.5 Å². The molecule has 0 unspecified atom stereocenters. The summed E-state index contributed by atoms with van der Waals surface area (Å²) in [4.78, 5) is 30.7. The van der Waals surface area contributed by atoms with Crippen molar-refractivity contribution in [3.05, 3.63) is 34.9 Å². The van der Waals surface area contributed by atoms with E-state index in [1.54, 1.807) is 0 Å². The number of nitrogens with one attached hydrogen (secondary N) is 2. The van der Waals surface area contributed by atoms with Crippen LogP contribution in [0.25, 0.3) is 0 Å². The summed E-state index contributed by atoms with van der Waals surface area (Å²) in [6.45, 7) is 4.04. The minimum Gasteiger partial charge on any atom is -0.357 e. The summed E-state index contributed by atoms with van der Waals surface area (Å²) in [7, 11) is 1.93. The largest absolute Gasteiger partial charge is 0.357 e. The molecule has 1 aromatic rings. The predicted octanol–water partition coefficient (Wildman–Crippen LogP) is 1.29. The van der Waals surface area contributed by atoms with Crippen LogP contribution in [-0.2, 0) is 11.3 Å². The van der Waals surface area contributed by atoms with Gasteiger partial charge in [-0.15, -0.1) is 0 Å². The van der Waals surface area contributed by atoms with Gasteiger partial charge in [-0.25, -0.2) is 4.79 Å². The Balaban J connectivity index is 1.96. The fraction of sp³-hybridized carbons (Fsp3) is 0.438. The lowest BCUT2D eigenvalue weighted by molar-refractivity contribution is -0.124. The summed E-state index contributed by atoms with van der Waals surface area (Å²) in [6, 6.07) is 7.30. The monoisotopic (exact) mass is 351 g/mol. The van der Waals surface area contributed by atoms with Crippen LogP contribution < -0.4 is 10.6 Å². The van der Waals surface area contributed by atoms with Crippen molar-refractivity contribution in [1.82, 2.24) is 20.4 Å². The van der Waals surface area contributed by atoms with Crippen molar-refractivity contribution in [2.24, 2.45) is 4.99 Å². The normalized spacial score (nSPS) is 14.8. The van der Waals surface area contributed by atoms with Gasteiger partial charge in [0.05, 0.1) is 19.6 Å². The van der Waals surface area contributed by atoms with Crippen molar-refractivity contribution in [3.63, 3.8) is 0 Å². The number of rotatable bonds is 6. The molecule has 1 aliphatic heterocycles. The highest BCUT2D eigenvalue weighted by Gasteiger charge is 2.27. The summed E-state index contributed by atoms with van der Waals surface area (Å²) in [5, 5.41) is 6.39. The zero-order valence-electron chi connectivity index (χ0n) is 13.9. The smallest absolute Gasteiger partial charge is 0.324 e. The number of amides is 3. The minimum absolute atomic E-state index is 0.0668. The molecule has 7 nitrogen and oxygen atoms in total. The molecule has 1 aliphatic rings. The molecular formula is C16H22ClN5O2. The molecule has 24 heavy (non-hydrogen) atoms. The molecule has 1 heterocycles. The number of guanidine groups is 1. The Morgan fingerprint density at radius 2 is 2.25 bits per heavy atom. The lowest BCUT2D eigenvalue weighted by Gasteiger charge is -2.22. The third-order valence-electron chi connectivity index (χ3n) is 3.53. The SMILES string of the molecule is CCNC(=NCCN1C(=O)CNC1=O)N(C)Cc1cccc(Cl)c1. The standard InChI is InChI=1S/C16H22ClN5O2/c1-3-18-15(19-7-8-22-14(23)10-20-16(22)24)21(2)11-12-5-4-6-13(17)9-12/h4-6,9H,3,7-8,10-11H2,1-2H3,(H,18,19)(H,20,24). The Labute approximate surface area is 146 Å². The molecule has 0 spiro atoms. The number of benzene rings is 1. The zero-order chi connectivity index (χ0) is 17.5. The van der Waals surface area contributed by atoms with Crippen LogP contribution >= 0.6 is 11.6 Å². The lowest BCUT2D eigenvalue weighted by atomic mass is 10.2. The number of aliphatic imine (C=N–C) groups is 1. The van der Waals surface area contributed by atoms with Crippen LogP contribution in [0, 0.1) is 0 Å². The van der Waals surface area contributed by atoms with Gasteiger partial charge in [-0.2, -0.15) is 0 Å². The molecule has 0 atom stereocenters. The second-order valence-corrected chi connectivity index (χ2v) is 5.86. The number of carbonyl (C=O) groups is 2. The van der Waals surface area contributed by atoms with E-state index < -0.39 is 0 Å². The highest BCUT2D eigenvalue weighted by atomic mass is 35.5. The summed E-state index contributed by atoms with van der Waals surface area (Å²) in [6.07, 6.45) is 0.